The first-order valence-electron chi connectivity index (χ1n) is 24.6. The summed E-state index contributed by atoms with van der Waals surface area (Å²) in [5.74, 6) is 2.06. The number of amidine groups is 2. The topological polar surface area (TPSA) is 61.7 Å². The lowest BCUT2D eigenvalue weighted by Crippen LogP contribution is -2.72. The van der Waals surface area contributed by atoms with Crippen molar-refractivity contribution in [3.05, 3.63) is 181 Å². The number of hydrogen-bond acceptors (Lipinski definition) is 8. The Morgan fingerprint density at radius 2 is 0.706 bits per heavy atom. The van der Waals surface area contributed by atoms with Gasteiger partial charge in [0.05, 0.1) is 23.5 Å². The number of hydrogen-bond donors (Lipinski definition) is 2. The van der Waals surface area contributed by atoms with Crippen LogP contribution in [-0.4, -0.2) is 62.0 Å². The summed E-state index contributed by atoms with van der Waals surface area (Å²) in [4.78, 5) is 10.3. The van der Waals surface area contributed by atoms with Gasteiger partial charge in [-0.25, -0.2) is 0 Å². The van der Waals surface area contributed by atoms with E-state index < -0.39 is 16.1 Å². The summed E-state index contributed by atoms with van der Waals surface area (Å²) < 4.78 is 0. The van der Waals surface area contributed by atoms with Gasteiger partial charge in [-0.3, -0.25) is 10.9 Å². The zero-order chi connectivity index (χ0) is 45.5. The van der Waals surface area contributed by atoms with Crippen molar-refractivity contribution in [3.8, 4) is 0 Å². The molecule has 2 fully saturated rings. The van der Waals surface area contributed by atoms with E-state index in [4.69, 9.17) is 10.2 Å². The number of hydrazone groups is 2. The van der Waals surface area contributed by atoms with E-state index in [1.54, 1.807) is 0 Å². The summed E-state index contributed by atoms with van der Waals surface area (Å²) in [6, 6.07) is 64.2. The molecule has 1 saturated carbocycles. The van der Waals surface area contributed by atoms with Crippen molar-refractivity contribution >= 4 is 104 Å². The summed E-state index contributed by atoms with van der Waals surface area (Å²) in [6.45, 7) is 9.96. The van der Waals surface area contributed by atoms with Gasteiger partial charge in [-0.15, -0.1) is 0 Å². The number of benzene rings is 8. The number of rotatable bonds is 4. The molecule has 0 spiro atoms. The van der Waals surface area contributed by atoms with Crippen molar-refractivity contribution in [2.24, 2.45) is 10.2 Å². The van der Waals surface area contributed by atoms with Crippen LogP contribution in [-0.2, 0) is 0 Å². The minimum atomic E-state index is -1.93. The molecule has 5 heterocycles. The van der Waals surface area contributed by atoms with Crippen LogP contribution in [0.15, 0.2) is 180 Å². The van der Waals surface area contributed by atoms with Gasteiger partial charge in [-0.2, -0.15) is 10.2 Å². The molecule has 4 atom stereocenters. The lowest BCUT2D eigenvalue weighted by atomic mass is 9.83. The molecule has 334 valence electrons. The molecule has 0 amide bonds. The number of nitrogens with zero attached hydrogens (tertiary/aromatic N) is 6. The highest BCUT2D eigenvalue weighted by molar-refractivity contribution is 7.03. The summed E-state index contributed by atoms with van der Waals surface area (Å²) in [5.41, 5.74) is 17.3. The fraction of sp³-hybridized carbons (Fsp3) is 0.207. The molecule has 1 aliphatic carbocycles. The normalized spacial score (nSPS) is 22.4. The maximum atomic E-state index is 5.31. The summed E-state index contributed by atoms with van der Waals surface area (Å²) in [5, 5.41) is 21.4. The van der Waals surface area contributed by atoms with Crippen LogP contribution in [0.1, 0.15) is 36.8 Å². The molecule has 14 rings (SSSR count). The predicted molar refractivity (Wildman–Crippen MR) is 287 cm³/mol. The molecule has 1 saturated heterocycles. The number of para-hydroxylation sites is 4. The van der Waals surface area contributed by atoms with E-state index in [0.29, 0.717) is 0 Å². The SMILES string of the molecule is C[Si]1(C)c2ccccc2N(c2ccc(C3=NNC4C5NN=C(c6ccc(N7c8ccccc8[Si](C)(C)c8ccccc87)c7ccccc67)N5C5CCCCC5N34)c3ccccc23)c2ccccc21. The Morgan fingerprint density at radius 1 is 0.382 bits per heavy atom. The Labute approximate surface area is 400 Å². The Kier molecular flexibility index (Phi) is 8.63. The Balaban J connectivity index is 0.840. The monoisotopic (exact) mass is 918 g/mol. The van der Waals surface area contributed by atoms with Crippen LogP contribution < -0.4 is 41.4 Å². The third-order valence-corrected chi connectivity index (χ3v) is 23.5. The highest BCUT2D eigenvalue weighted by Gasteiger charge is 2.55. The number of anilines is 6. The smallest absolute Gasteiger partial charge is 0.158 e. The minimum absolute atomic E-state index is 0.100. The van der Waals surface area contributed by atoms with Gasteiger partial charge >= 0.3 is 0 Å². The lowest BCUT2D eigenvalue weighted by molar-refractivity contribution is -0.00890. The third-order valence-electron chi connectivity index (χ3n) is 16.4. The molecule has 0 bridgehead atoms. The standard InChI is InChI=1S/C58H54N8Si2/c1-67(2)51-29-15-11-25-47(51)63(48-26-12-16-30-52(48)67)43-35-33-41(37-19-5-7-21-39(37)43)55-59-61-57-58-62-60-56(66(58)46-24-10-9-23-45(46)65(55)57)42-34-36-44(40-22-8-6-20-38(40)42)64-49-27-13-17-31-53(49)68(3,4)54-32-18-14-28-50(54)64/h5-8,11-22,25-36,45-46,57-58,61-62H,9-10,23-24H2,1-4H3. The van der Waals surface area contributed by atoms with E-state index in [0.717, 1.165) is 35.6 Å². The van der Waals surface area contributed by atoms with Gasteiger partial charge in [0.2, 0.25) is 0 Å². The van der Waals surface area contributed by atoms with Crippen molar-refractivity contribution in [2.45, 2.75) is 76.3 Å². The van der Waals surface area contributed by atoms with E-state index in [-0.39, 0.29) is 24.4 Å². The van der Waals surface area contributed by atoms with E-state index >= 15 is 0 Å². The molecule has 10 heteroatoms. The van der Waals surface area contributed by atoms with Crippen LogP contribution in [0.2, 0.25) is 26.2 Å². The molecule has 8 nitrogen and oxygen atoms in total. The predicted octanol–water partition coefficient (Wildman–Crippen LogP) is 10.0. The van der Waals surface area contributed by atoms with Crippen molar-refractivity contribution < 1.29 is 0 Å². The number of nitrogens with one attached hydrogen (secondary N) is 2. The summed E-state index contributed by atoms with van der Waals surface area (Å²) in [7, 11) is -3.85. The van der Waals surface area contributed by atoms with Gasteiger partial charge < -0.3 is 19.6 Å². The number of piperazine rings is 1. The second-order valence-corrected chi connectivity index (χ2v) is 29.3. The molecular weight excluding hydrogens is 865 g/mol. The summed E-state index contributed by atoms with van der Waals surface area (Å²) in [6.07, 6.45) is 4.39. The number of fused-ring (bicyclic) bond motifs is 12. The Hall–Kier alpha value is -7.15. The van der Waals surface area contributed by atoms with E-state index in [2.05, 4.69) is 226 Å². The van der Waals surface area contributed by atoms with Crippen LogP contribution in [0.5, 0.6) is 0 Å². The Bertz CT molecular complexity index is 3140. The van der Waals surface area contributed by atoms with Gasteiger partial charge in [0.1, 0.15) is 16.1 Å². The quantitative estimate of drug-likeness (QED) is 0.172. The summed E-state index contributed by atoms with van der Waals surface area (Å²) >= 11 is 0. The van der Waals surface area contributed by atoms with E-state index in [9.17, 15) is 0 Å². The fourth-order valence-corrected chi connectivity index (χ4v) is 19.2. The highest BCUT2D eigenvalue weighted by atomic mass is 28.3. The van der Waals surface area contributed by atoms with Gasteiger partial charge in [0, 0.05) is 44.6 Å². The first-order chi connectivity index (χ1) is 33.3. The average Bonchev–Trinajstić information content (AvgIpc) is 4.03. The van der Waals surface area contributed by atoms with E-state index in [1.807, 2.05) is 0 Å². The second kappa shape index (κ2) is 14.7. The Morgan fingerprint density at radius 3 is 1.07 bits per heavy atom. The van der Waals surface area contributed by atoms with Crippen molar-refractivity contribution in [1.29, 1.82) is 0 Å². The maximum absolute atomic E-state index is 5.31. The van der Waals surface area contributed by atoms with Crippen LogP contribution >= 0.6 is 0 Å². The minimum Gasteiger partial charge on any atom is -0.325 e. The van der Waals surface area contributed by atoms with Crippen LogP contribution in [0.3, 0.4) is 0 Å². The zero-order valence-electron chi connectivity index (χ0n) is 39.0. The molecular formula is C58H54N8Si2. The molecule has 2 N–H and O–H groups in total. The van der Waals surface area contributed by atoms with Crippen LogP contribution in [0.4, 0.5) is 34.1 Å². The molecule has 5 aliphatic heterocycles. The fourth-order valence-electron chi connectivity index (χ4n) is 13.3. The van der Waals surface area contributed by atoms with Gasteiger partial charge in [-0.1, -0.05) is 160 Å². The molecule has 68 heavy (non-hydrogen) atoms. The van der Waals surface area contributed by atoms with Crippen LogP contribution in [0, 0.1) is 0 Å². The molecule has 6 aliphatic rings. The first kappa shape index (κ1) is 40.0. The molecule has 0 aromatic heterocycles. The average molecular weight is 919 g/mol. The van der Waals surface area contributed by atoms with Crippen molar-refractivity contribution in [3.63, 3.8) is 0 Å². The molecule has 8 aromatic rings. The highest BCUT2D eigenvalue weighted by Crippen LogP contribution is 2.47. The van der Waals surface area contributed by atoms with Crippen LogP contribution in [0.25, 0.3) is 21.5 Å². The van der Waals surface area contributed by atoms with Crippen molar-refractivity contribution in [2.75, 3.05) is 9.80 Å². The van der Waals surface area contributed by atoms with Crippen molar-refractivity contribution in [1.82, 2.24) is 20.7 Å². The molecule has 0 radical (unpaired) electrons. The molecule has 8 aromatic carbocycles. The third kappa shape index (κ3) is 5.47. The van der Waals surface area contributed by atoms with Gasteiger partial charge in [0.15, 0.2) is 24.0 Å². The second-order valence-electron chi connectivity index (χ2n) is 20.6. The van der Waals surface area contributed by atoms with Gasteiger partial charge in [-0.05, 0) is 92.9 Å². The first-order valence-corrected chi connectivity index (χ1v) is 30.6. The maximum Gasteiger partial charge on any atom is 0.158 e. The van der Waals surface area contributed by atoms with E-state index in [1.165, 1.54) is 89.3 Å². The largest absolute Gasteiger partial charge is 0.325 e. The molecule has 4 unspecified atom stereocenters. The zero-order valence-corrected chi connectivity index (χ0v) is 41.0. The van der Waals surface area contributed by atoms with Gasteiger partial charge in [0.25, 0.3) is 0 Å². The lowest BCUT2D eigenvalue weighted by Gasteiger charge is -2.54.